The Morgan fingerprint density at radius 2 is 1.79 bits per heavy atom. The zero-order chi connectivity index (χ0) is 23.8. The van der Waals surface area contributed by atoms with Gasteiger partial charge in [0.1, 0.15) is 17.3 Å². The molecule has 33 heavy (non-hydrogen) atoms. The molecule has 0 saturated heterocycles. The van der Waals surface area contributed by atoms with Crippen molar-refractivity contribution in [2.24, 2.45) is 0 Å². The molecule has 0 amide bonds. The van der Waals surface area contributed by atoms with E-state index in [4.69, 9.17) is 0 Å². The molecule has 0 unspecified atom stereocenters. The summed E-state index contributed by atoms with van der Waals surface area (Å²) in [5.41, 5.74) is 2.42. The van der Waals surface area contributed by atoms with Crippen molar-refractivity contribution < 1.29 is 23.0 Å². The van der Waals surface area contributed by atoms with Gasteiger partial charge in [0.05, 0.1) is 22.8 Å². The SMILES string of the molecule is Cc1cccc(C)c1-n1c(C=Cc2cc(OC(F)(F)F)ccc2O)nc2cnccc2c1=O. The molecule has 168 valence electrons. The molecule has 6 nitrogen and oxygen atoms in total. The second-order valence-electron chi connectivity index (χ2n) is 7.35. The van der Waals surface area contributed by atoms with Gasteiger partial charge in [0.25, 0.3) is 5.56 Å². The number of benzene rings is 2. The predicted molar refractivity (Wildman–Crippen MR) is 118 cm³/mol. The maximum Gasteiger partial charge on any atom is 0.573 e. The number of alkyl halides is 3. The average Bonchev–Trinajstić information content (AvgIpc) is 2.74. The summed E-state index contributed by atoms with van der Waals surface area (Å²) in [6.45, 7) is 3.73. The smallest absolute Gasteiger partial charge is 0.507 e. The topological polar surface area (TPSA) is 77.2 Å². The Kier molecular flexibility index (Phi) is 5.63. The van der Waals surface area contributed by atoms with Crippen molar-refractivity contribution in [3.05, 3.63) is 87.7 Å². The standard InChI is InChI=1S/C24H18F3N3O3/c1-14-4-3-5-15(2)22(14)30-21(29-19-13-28-11-10-18(19)23(30)32)9-6-16-12-17(7-8-20(16)31)33-24(25,26)27/h3-13,31H,1-2H3. The minimum absolute atomic E-state index is 0.0605. The van der Waals surface area contributed by atoms with E-state index in [2.05, 4.69) is 14.7 Å². The molecule has 4 aromatic rings. The van der Waals surface area contributed by atoms with Crippen molar-refractivity contribution in [2.45, 2.75) is 20.2 Å². The van der Waals surface area contributed by atoms with E-state index in [-0.39, 0.29) is 22.7 Å². The van der Waals surface area contributed by atoms with E-state index in [1.807, 2.05) is 32.0 Å². The molecular formula is C24H18F3N3O3. The quantitative estimate of drug-likeness (QED) is 0.461. The van der Waals surface area contributed by atoms with Crippen molar-refractivity contribution in [1.29, 1.82) is 0 Å². The highest BCUT2D eigenvalue weighted by Gasteiger charge is 2.31. The number of halogens is 3. The van der Waals surface area contributed by atoms with Crippen LogP contribution in [0.4, 0.5) is 13.2 Å². The Morgan fingerprint density at radius 3 is 2.48 bits per heavy atom. The van der Waals surface area contributed by atoms with Crippen LogP contribution in [0.3, 0.4) is 0 Å². The highest BCUT2D eigenvalue weighted by atomic mass is 19.4. The molecule has 0 radical (unpaired) electrons. The molecule has 2 heterocycles. The number of aromatic nitrogens is 3. The maximum atomic E-state index is 13.4. The third-order valence-corrected chi connectivity index (χ3v) is 5.01. The molecule has 0 aliphatic carbocycles. The van der Waals surface area contributed by atoms with Crippen LogP contribution in [-0.2, 0) is 0 Å². The highest BCUT2D eigenvalue weighted by molar-refractivity contribution is 5.80. The van der Waals surface area contributed by atoms with E-state index in [9.17, 15) is 23.1 Å². The third kappa shape index (κ3) is 4.57. The van der Waals surface area contributed by atoms with Crippen molar-refractivity contribution in [3.63, 3.8) is 0 Å². The number of pyridine rings is 1. The lowest BCUT2D eigenvalue weighted by Crippen LogP contribution is -2.24. The number of ether oxygens (including phenoxy) is 1. The van der Waals surface area contributed by atoms with Crippen molar-refractivity contribution in [3.8, 4) is 17.2 Å². The number of fused-ring (bicyclic) bond motifs is 1. The maximum absolute atomic E-state index is 13.4. The number of hydrogen-bond donors (Lipinski definition) is 1. The first-order chi connectivity index (χ1) is 15.6. The van der Waals surface area contributed by atoms with E-state index < -0.39 is 12.1 Å². The van der Waals surface area contributed by atoms with E-state index >= 15 is 0 Å². The fraction of sp³-hybridized carbons (Fsp3) is 0.125. The summed E-state index contributed by atoms with van der Waals surface area (Å²) in [4.78, 5) is 22.0. The van der Waals surface area contributed by atoms with Crippen LogP contribution in [0.5, 0.6) is 11.5 Å². The molecule has 1 N–H and O–H groups in total. The Labute approximate surface area is 186 Å². The van der Waals surface area contributed by atoms with Gasteiger partial charge >= 0.3 is 6.36 Å². The van der Waals surface area contributed by atoms with E-state index in [0.29, 0.717) is 16.6 Å². The van der Waals surface area contributed by atoms with Crippen LogP contribution in [0.2, 0.25) is 0 Å². The number of aromatic hydroxyl groups is 1. The largest absolute Gasteiger partial charge is 0.573 e. The molecule has 0 aliphatic rings. The third-order valence-electron chi connectivity index (χ3n) is 5.01. The second kappa shape index (κ2) is 8.42. The van der Waals surface area contributed by atoms with Crippen LogP contribution in [-0.4, -0.2) is 26.0 Å². The fourth-order valence-corrected chi connectivity index (χ4v) is 3.57. The second-order valence-corrected chi connectivity index (χ2v) is 7.35. The summed E-state index contributed by atoms with van der Waals surface area (Å²) in [7, 11) is 0. The normalized spacial score (nSPS) is 11.9. The molecule has 2 aromatic heterocycles. The van der Waals surface area contributed by atoms with Gasteiger partial charge in [-0.2, -0.15) is 0 Å². The van der Waals surface area contributed by atoms with E-state index in [1.54, 1.807) is 6.07 Å². The summed E-state index contributed by atoms with van der Waals surface area (Å²) in [6, 6.07) is 10.3. The Bertz CT molecular complexity index is 1420. The Morgan fingerprint density at radius 1 is 1.06 bits per heavy atom. The summed E-state index contributed by atoms with van der Waals surface area (Å²) in [6.07, 6.45) is 0.908. The van der Waals surface area contributed by atoms with Gasteiger partial charge in [-0.15, -0.1) is 13.2 Å². The molecule has 0 spiro atoms. The number of hydrogen-bond acceptors (Lipinski definition) is 5. The monoisotopic (exact) mass is 453 g/mol. The number of aryl methyl sites for hydroxylation is 2. The summed E-state index contributed by atoms with van der Waals surface area (Å²) >= 11 is 0. The van der Waals surface area contributed by atoms with Crippen molar-refractivity contribution in [2.75, 3.05) is 0 Å². The van der Waals surface area contributed by atoms with E-state index in [1.165, 1.54) is 29.1 Å². The lowest BCUT2D eigenvalue weighted by molar-refractivity contribution is -0.274. The molecule has 4 rings (SSSR count). The summed E-state index contributed by atoms with van der Waals surface area (Å²) in [5.74, 6) is -0.522. The minimum atomic E-state index is -4.87. The molecule has 0 aliphatic heterocycles. The van der Waals surface area contributed by atoms with Crippen molar-refractivity contribution in [1.82, 2.24) is 14.5 Å². The minimum Gasteiger partial charge on any atom is -0.507 e. The number of nitrogens with zero attached hydrogens (tertiary/aromatic N) is 3. The lowest BCUT2D eigenvalue weighted by atomic mass is 10.1. The van der Waals surface area contributed by atoms with Gasteiger partial charge in [-0.25, -0.2) is 4.98 Å². The average molecular weight is 453 g/mol. The first kappa shape index (κ1) is 22.1. The van der Waals surface area contributed by atoms with Gasteiger partial charge in [0.2, 0.25) is 0 Å². The van der Waals surface area contributed by atoms with Crippen LogP contribution in [0.15, 0.2) is 59.7 Å². The summed E-state index contributed by atoms with van der Waals surface area (Å²) in [5, 5.41) is 10.5. The van der Waals surface area contributed by atoms with Gasteiger partial charge in [-0.1, -0.05) is 18.2 Å². The number of phenolic OH excluding ortho intramolecular Hbond substituents is 1. The highest BCUT2D eigenvalue weighted by Crippen LogP contribution is 2.29. The number of phenols is 1. The first-order valence-corrected chi connectivity index (χ1v) is 9.84. The fourth-order valence-electron chi connectivity index (χ4n) is 3.57. The van der Waals surface area contributed by atoms with Gasteiger partial charge in [0, 0.05) is 11.8 Å². The first-order valence-electron chi connectivity index (χ1n) is 9.84. The van der Waals surface area contributed by atoms with Crippen LogP contribution < -0.4 is 10.3 Å². The van der Waals surface area contributed by atoms with Crippen molar-refractivity contribution >= 4 is 23.1 Å². The lowest BCUT2D eigenvalue weighted by Gasteiger charge is -2.16. The van der Waals surface area contributed by atoms with Gasteiger partial charge in [-0.05, 0) is 61.4 Å². The van der Waals surface area contributed by atoms with Crippen LogP contribution >= 0.6 is 0 Å². The zero-order valence-corrected chi connectivity index (χ0v) is 17.6. The molecule has 0 atom stereocenters. The molecular weight excluding hydrogens is 435 g/mol. The van der Waals surface area contributed by atoms with Crippen LogP contribution in [0, 0.1) is 13.8 Å². The Balaban J connectivity index is 1.91. The molecule has 0 fully saturated rings. The predicted octanol–water partition coefficient (Wildman–Crippen LogP) is 5.17. The zero-order valence-electron chi connectivity index (χ0n) is 17.6. The van der Waals surface area contributed by atoms with Crippen LogP contribution in [0.1, 0.15) is 22.5 Å². The van der Waals surface area contributed by atoms with Gasteiger partial charge in [0.15, 0.2) is 0 Å². The van der Waals surface area contributed by atoms with E-state index in [0.717, 1.165) is 29.3 Å². The molecule has 2 aromatic carbocycles. The number of para-hydroxylation sites is 1. The molecule has 0 saturated carbocycles. The van der Waals surface area contributed by atoms with Crippen LogP contribution in [0.25, 0.3) is 28.7 Å². The number of rotatable bonds is 4. The molecule has 9 heteroatoms. The summed E-state index contributed by atoms with van der Waals surface area (Å²) < 4.78 is 43.1. The van der Waals surface area contributed by atoms with Gasteiger partial charge < -0.3 is 9.84 Å². The Hall–Kier alpha value is -4.14. The molecule has 0 bridgehead atoms. The van der Waals surface area contributed by atoms with Gasteiger partial charge in [-0.3, -0.25) is 14.3 Å².